The van der Waals surface area contributed by atoms with Crippen LogP contribution in [0.15, 0.2) is 18.2 Å². The lowest BCUT2D eigenvalue weighted by Crippen LogP contribution is -2.37. The van der Waals surface area contributed by atoms with Gasteiger partial charge in [0.2, 0.25) is 0 Å². The van der Waals surface area contributed by atoms with Gasteiger partial charge in [-0.25, -0.2) is 0 Å². The molecule has 0 bridgehead atoms. The van der Waals surface area contributed by atoms with Gasteiger partial charge in [-0.15, -0.1) is 0 Å². The third-order valence-corrected chi connectivity index (χ3v) is 3.90. The molecule has 1 heterocycles. The van der Waals surface area contributed by atoms with Crippen molar-refractivity contribution in [3.63, 3.8) is 0 Å². The molecule has 1 aliphatic heterocycles. The van der Waals surface area contributed by atoms with E-state index in [4.69, 9.17) is 17.3 Å². The monoisotopic (exact) mass is 267 g/mol. The number of anilines is 1. The first-order chi connectivity index (χ1) is 8.56. The summed E-state index contributed by atoms with van der Waals surface area (Å²) < 4.78 is 0. The Hall–Kier alpha value is -0.770. The van der Waals surface area contributed by atoms with Crippen LogP contribution in [0.1, 0.15) is 18.9 Å². The quantitative estimate of drug-likeness (QED) is 0.836. The van der Waals surface area contributed by atoms with Crippen LogP contribution in [0, 0.1) is 0 Å². The van der Waals surface area contributed by atoms with Crippen molar-refractivity contribution in [3.05, 3.63) is 28.8 Å². The molecule has 18 heavy (non-hydrogen) atoms. The maximum atomic E-state index is 6.03. The van der Waals surface area contributed by atoms with E-state index < -0.39 is 0 Å². The second-order valence-corrected chi connectivity index (χ2v) is 5.71. The van der Waals surface area contributed by atoms with E-state index in [1.54, 1.807) is 0 Å². The van der Waals surface area contributed by atoms with Gasteiger partial charge in [0.1, 0.15) is 0 Å². The molecule has 1 aliphatic rings. The van der Waals surface area contributed by atoms with Gasteiger partial charge in [-0.3, -0.25) is 4.90 Å². The van der Waals surface area contributed by atoms with E-state index in [0.717, 1.165) is 25.3 Å². The first kappa shape index (κ1) is 13.7. The molecular weight excluding hydrogens is 246 g/mol. The van der Waals surface area contributed by atoms with Gasteiger partial charge in [0, 0.05) is 36.4 Å². The number of hydrogen-bond donors (Lipinski definition) is 1. The second kappa shape index (κ2) is 5.91. The molecule has 0 amide bonds. The fraction of sp³-hybridized carbons (Fsp3) is 0.571. The van der Waals surface area contributed by atoms with Crippen molar-refractivity contribution in [1.82, 2.24) is 9.80 Å². The second-order valence-electron chi connectivity index (χ2n) is 5.28. The summed E-state index contributed by atoms with van der Waals surface area (Å²) in [5, 5.41) is 0.708. The molecule has 0 radical (unpaired) electrons. The topological polar surface area (TPSA) is 32.5 Å². The molecular formula is C14H22ClN3. The summed E-state index contributed by atoms with van der Waals surface area (Å²) in [6.07, 6.45) is 1.22. The Kier molecular flexibility index (Phi) is 4.49. The van der Waals surface area contributed by atoms with Crippen LogP contribution in [0.4, 0.5) is 5.69 Å². The first-order valence-corrected chi connectivity index (χ1v) is 6.90. The SMILES string of the molecule is CC1CN(C)CCCN1Cc1ccc(Cl)cc1N. The van der Waals surface area contributed by atoms with Crippen LogP contribution in [0.5, 0.6) is 0 Å². The molecule has 3 nitrogen and oxygen atoms in total. The minimum atomic E-state index is 0.563. The first-order valence-electron chi connectivity index (χ1n) is 6.53. The number of halogens is 1. The van der Waals surface area contributed by atoms with Gasteiger partial charge in [0.05, 0.1) is 0 Å². The minimum Gasteiger partial charge on any atom is -0.398 e. The molecule has 0 aliphatic carbocycles. The van der Waals surface area contributed by atoms with E-state index in [-0.39, 0.29) is 0 Å². The van der Waals surface area contributed by atoms with Gasteiger partial charge in [0.15, 0.2) is 0 Å². The van der Waals surface area contributed by atoms with Gasteiger partial charge in [-0.2, -0.15) is 0 Å². The maximum absolute atomic E-state index is 6.03. The van der Waals surface area contributed by atoms with Crippen LogP contribution >= 0.6 is 11.6 Å². The zero-order valence-corrected chi connectivity index (χ0v) is 12.0. The lowest BCUT2D eigenvalue weighted by Gasteiger charge is -2.28. The number of nitrogen functional groups attached to an aromatic ring is 1. The van der Waals surface area contributed by atoms with Crippen molar-refractivity contribution in [1.29, 1.82) is 0 Å². The fourth-order valence-corrected chi connectivity index (χ4v) is 2.77. The van der Waals surface area contributed by atoms with E-state index in [2.05, 4.69) is 23.8 Å². The van der Waals surface area contributed by atoms with Crippen molar-refractivity contribution in [2.75, 3.05) is 32.4 Å². The molecule has 1 saturated heterocycles. The predicted molar refractivity (Wildman–Crippen MR) is 77.9 cm³/mol. The minimum absolute atomic E-state index is 0.563. The average molecular weight is 268 g/mol. The highest BCUT2D eigenvalue weighted by Crippen LogP contribution is 2.21. The van der Waals surface area contributed by atoms with E-state index in [0.29, 0.717) is 11.1 Å². The van der Waals surface area contributed by atoms with E-state index in [1.165, 1.54) is 18.5 Å². The Balaban J connectivity index is 2.07. The molecule has 0 spiro atoms. The summed E-state index contributed by atoms with van der Waals surface area (Å²) in [6.45, 7) is 6.63. The highest BCUT2D eigenvalue weighted by Gasteiger charge is 2.20. The third-order valence-electron chi connectivity index (χ3n) is 3.67. The van der Waals surface area contributed by atoms with E-state index in [1.807, 2.05) is 18.2 Å². The number of hydrogen-bond acceptors (Lipinski definition) is 3. The molecule has 2 N–H and O–H groups in total. The number of nitrogens with zero attached hydrogens (tertiary/aromatic N) is 2. The van der Waals surface area contributed by atoms with Crippen molar-refractivity contribution in [3.8, 4) is 0 Å². The maximum Gasteiger partial charge on any atom is 0.0426 e. The zero-order chi connectivity index (χ0) is 13.1. The van der Waals surface area contributed by atoms with Crippen LogP contribution in [-0.4, -0.2) is 42.5 Å². The molecule has 1 aromatic rings. The average Bonchev–Trinajstić information content (AvgIpc) is 2.44. The normalized spacial score (nSPS) is 22.9. The predicted octanol–water partition coefficient (Wildman–Crippen LogP) is 2.45. The Labute approximate surface area is 115 Å². The lowest BCUT2D eigenvalue weighted by molar-refractivity contribution is 0.195. The van der Waals surface area contributed by atoms with Gasteiger partial charge in [0.25, 0.3) is 0 Å². The molecule has 100 valence electrons. The Morgan fingerprint density at radius 1 is 1.39 bits per heavy atom. The van der Waals surface area contributed by atoms with Crippen molar-refractivity contribution in [2.45, 2.75) is 25.9 Å². The number of likely N-dealkylation sites (N-methyl/N-ethyl adjacent to an activating group) is 1. The summed E-state index contributed by atoms with van der Waals surface area (Å²) in [7, 11) is 2.19. The van der Waals surface area contributed by atoms with Crippen LogP contribution in [0.2, 0.25) is 5.02 Å². The van der Waals surface area contributed by atoms with E-state index >= 15 is 0 Å². The lowest BCUT2D eigenvalue weighted by atomic mass is 10.1. The molecule has 2 rings (SSSR count). The summed E-state index contributed by atoms with van der Waals surface area (Å²) in [6, 6.07) is 6.36. The molecule has 1 unspecified atom stereocenters. The Bertz CT molecular complexity index is 408. The molecule has 0 aromatic heterocycles. The molecule has 1 aromatic carbocycles. The van der Waals surface area contributed by atoms with Crippen LogP contribution in [0.3, 0.4) is 0 Å². The van der Waals surface area contributed by atoms with Crippen molar-refractivity contribution >= 4 is 17.3 Å². The summed E-state index contributed by atoms with van der Waals surface area (Å²) in [4.78, 5) is 4.90. The largest absolute Gasteiger partial charge is 0.398 e. The van der Waals surface area contributed by atoms with Gasteiger partial charge in [-0.1, -0.05) is 17.7 Å². The fourth-order valence-electron chi connectivity index (χ4n) is 2.59. The molecule has 4 heteroatoms. The van der Waals surface area contributed by atoms with E-state index in [9.17, 15) is 0 Å². The Morgan fingerprint density at radius 3 is 2.89 bits per heavy atom. The van der Waals surface area contributed by atoms with Crippen LogP contribution in [-0.2, 0) is 6.54 Å². The molecule has 1 fully saturated rings. The number of nitrogens with two attached hydrogens (primary N) is 1. The summed E-state index contributed by atoms with van der Waals surface area (Å²) in [5.74, 6) is 0. The van der Waals surface area contributed by atoms with Gasteiger partial charge in [-0.05, 0) is 44.6 Å². The Morgan fingerprint density at radius 2 is 2.17 bits per heavy atom. The smallest absolute Gasteiger partial charge is 0.0426 e. The highest BCUT2D eigenvalue weighted by molar-refractivity contribution is 6.30. The van der Waals surface area contributed by atoms with Crippen LogP contribution < -0.4 is 5.73 Å². The zero-order valence-electron chi connectivity index (χ0n) is 11.2. The number of benzene rings is 1. The molecule has 1 atom stereocenters. The van der Waals surface area contributed by atoms with Crippen molar-refractivity contribution < 1.29 is 0 Å². The van der Waals surface area contributed by atoms with Crippen LogP contribution in [0.25, 0.3) is 0 Å². The number of rotatable bonds is 2. The summed E-state index contributed by atoms with van der Waals surface area (Å²) >= 11 is 5.93. The summed E-state index contributed by atoms with van der Waals surface area (Å²) in [5.41, 5.74) is 8.00. The highest BCUT2D eigenvalue weighted by atomic mass is 35.5. The van der Waals surface area contributed by atoms with Gasteiger partial charge < -0.3 is 10.6 Å². The van der Waals surface area contributed by atoms with Gasteiger partial charge >= 0.3 is 0 Å². The molecule has 0 saturated carbocycles. The van der Waals surface area contributed by atoms with Crippen molar-refractivity contribution in [2.24, 2.45) is 0 Å². The third kappa shape index (κ3) is 3.37. The standard InChI is InChI=1S/C14H22ClN3/c1-11-9-17(2)6-3-7-18(11)10-12-4-5-13(15)8-14(12)16/h4-5,8,11H,3,6-7,9-10,16H2,1-2H3.